The molecule has 102 valence electrons. The maximum absolute atomic E-state index is 12.3. The molecule has 0 heterocycles. The number of benzene rings is 1. The fraction of sp³-hybridized carbons (Fsp3) is 0.500. The van der Waals surface area contributed by atoms with Gasteiger partial charge in [-0.3, -0.25) is 0 Å². The van der Waals surface area contributed by atoms with Crippen molar-refractivity contribution in [2.75, 3.05) is 5.73 Å². The van der Waals surface area contributed by atoms with Gasteiger partial charge in [0.2, 0.25) is 10.0 Å². The minimum atomic E-state index is -3.58. The van der Waals surface area contributed by atoms with Crippen molar-refractivity contribution in [2.45, 2.75) is 49.4 Å². The van der Waals surface area contributed by atoms with Crippen LogP contribution in [0.4, 0.5) is 5.69 Å². The van der Waals surface area contributed by atoms with Crippen LogP contribution in [0, 0.1) is 0 Å². The van der Waals surface area contributed by atoms with Gasteiger partial charge in [0, 0.05) is 16.1 Å². The SMILES string of the molecule is CCc1c(S)cc(N)cc1S(=O)(=O)NC(C)(C)C. The van der Waals surface area contributed by atoms with Crippen molar-refractivity contribution in [1.29, 1.82) is 0 Å². The fourth-order valence-electron chi connectivity index (χ4n) is 1.70. The largest absolute Gasteiger partial charge is 0.399 e. The van der Waals surface area contributed by atoms with Crippen molar-refractivity contribution in [3.8, 4) is 0 Å². The van der Waals surface area contributed by atoms with Crippen molar-refractivity contribution < 1.29 is 8.42 Å². The van der Waals surface area contributed by atoms with E-state index in [0.29, 0.717) is 22.6 Å². The molecule has 6 heteroatoms. The Kier molecular flexibility index (Phi) is 4.35. The molecule has 3 N–H and O–H groups in total. The minimum Gasteiger partial charge on any atom is -0.399 e. The second-order valence-electron chi connectivity index (χ2n) is 5.23. The van der Waals surface area contributed by atoms with Gasteiger partial charge >= 0.3 is 0 Å². The quantitative estimate of drug-likeness (QED) is 0.590. The lowest BCUT2D eigenvalue weighted by molar-refractivity contribution is 0.491. The molecule has 0 aliphatic rings. The van der Waals surface area contributed by atoms with E-state index in [1.54, 1.807) is 26.8 Å². The molecular weight excluding hydrogens is 268 g/mol. The second kappa shape index (κ2) is 5.11. The second-order valence-corrected chi connectivity index (χ2v) is 7.36. The van der Waals surface area contributed by atoms with Gasteiger partial charge < -0.3 is 5.73 Å². The van der Waals surface area contributed by atoms with E-state index in [2.05, 4.69) is 17.4 Å². The van der Waals surface area contributed by atoms with Gasteiger partial charge in [-0.2, -0.15) is 0 Å². The van der Waals surface area contributed by atoms with Crippen LogP contribution in [0.25, 0.3) is 0 Å². The number of nitrogens with two attached hydrogens (primary N) is 1. The molecule has 0 radical (unpaired) electrons. The van der Waals surface area contributed by atoms with Crippen LogP contribution in [0.2, 0.25) is 0 Å². The van der Waals surface area contributed by atoms with Gasteiger partial charge in [-0.25, -0.2) is 13.1 Å². The van der Waals surface area contributed by atoms with Gasteiger partial charge in [-0.1, -0.05) is 6.92 Å². The molecule has 1 rings (SSSR count). The van der Waals surface area contributed by atoms with Crippen molar-refractivity contribution in [3.63, 3.8) is 0 Å². The monoisotopic (exact) mass is 288 g/mol. The third-order valence-electron chi connectivity index (χ3n) is 2.29. The van der Waals surface area contributed by atoms with Crippen molar-refractivity contribution in [3.05, 3.63) is 17.7 Å². The van der Waals surface area contributed by atoms with Crippen LogP contribution in [-0.4, -0.2) is 14.0 Å². The summed E-state index contributed by atoms with van der Waals surface area (Å²) in [5.74, 6) is 0. The molecule has 1 aromatic rings. The summed E-state index contributed by atoms with van der Waals surface area (Å²) in [5.41, 5.74) is 6.25. The molecule has 0 aromatic heterocycles. The van der Waals surface area contributed by atoms with Gasteiger partial charge in [0.15, 0.2) is 0 Å². The van der Waals surface area contributed by atoms with E-state index in [1.165, 1.54) is 6.07 Å². The highest BCUT2D eigenvalue weighted by Crippen LogP contribution is 2.27. The Bertz CT molecular complexity index is 546. The highest BCUT2D eigenvalue weighted by Gasteiger charge is 2.25. The Morgan fingerprint density at radius 2 is 1.89 bits per heavy atom. The van der Waals surface area contributed by atoms with Gasteiger partial charge in [0.25, 0.3) is 0 Å². The zero-order valence-electron chi connectivity index (χ0n) is 11.1. The molecule has 0 fully saturated rings. The average Bonchev–Trinajstić information content (AvgIpc) is 2.12. The van der Waals surface area contributed by atoms with Crippen LogP contribution in [0.1, 0.15) is 33.3 Å². The van der Waals surface area contributed by atoms with Gasteiger partial charge in [-0.05, 0) is 44.9 Å². The lowest BCUT2D eigenvalue weighted by Gasteiger charge is -2.22. The minimum absolute atomic E-state index is 0.213. The normalized spacial score (nSPS) is 12.7. The highest BCUT2D eigenvalue weighted by atomic mass is 32.2. The lowest BCUT2D eigenvalue weighted by atomic mass is 10.1. The van der Waals surface area contributed by atoms with Crippen LogP contribution >= 0.6 is 12.6 Å². The maximum Gasteiger partial charge on any atom is 0.241 e. The zero-order chi connectivity index (χ0) is 14.1. The summed E-state index contributed by atoms with van der Waals surface area (Å²) >= 11 is 4.29. The Hall–Kier alpha value is -0.720. The molecule has 0 saturated heterocycles. The number of nitrogens with one attached hydrogen (secondary N) is 1. The number of hydrogen-bond donors (Lipinski definition) is 3. The first-order chi connectivity index (χ1) is 8.07. The molecule has 0 spiro atoms. The van der Waals surface area contributed by atoms with E-state index in [4.69, 9.17) is 5.73 Å². The van der Waals surface area contributed by atoms with Crippen LogP contribution in [-0.2, 0) is 16.4 Å². The molecule has 0 aliphatic carbocycles. The van der Waals surface area contributed by atoms with Gasteiger partial charge in [0.1, 0.15) is 0 Å². The first kappa shape index (κ1) is 15.3. The standard InChI is InChI=1S/C12H20N2O2S2/c1-5-9-10(17)6-8(13)7-11(9)18(15,16)14-12(2,3)4/h6-7,14,17H,5,13H2,1-4H3. The first-order valence-corrected chi connectivity index (χ1v) is 7.65. The Balaban J connectivity index is 3.41. The number of nitrogen functional groups attached to an aromatic ring is 1. The number of sulfonamides is 1. The maximum atomic E-state index is 12.3. The van der Waals surface area contributed by atoms with Crippen LogP contribution in [0.5, 0.6) is 0 Å². The Morgan fingerprint density at radius 1 is 1.33 bits per heavy atom. The summed E-state index contributed by atoms with van der Waals surface area (Å²) in [5, 5.41) is 0. The number of rotatable bonds is 3. The van der Waals surface area contributed by atoms with E-state index in [1.807, 2.05) is 6.92 Å². The topological polar surface area (TPSA) is 72.2 Å². The number of thiol groups is 1. The highest BCUT2D eigenvalue weighted by molar-refractivity contribution is 7.89. The van der Waals surface area contributed by atoms with Crippen LogP contribution < -0.4 is 10.5 Å². The van der Waals surface area contributed by atoms with Crippen molar-refractivity contribution in [1.82, 2.24) is 4.72 Å². The number of hydrogen-bond acceptors (Lipinski definition) is 4. The molecule has 0 amide bonds. The molecule has 1 aromatic carbocycles. The molecule has 0 unspecified atom stereocenters. The fourth-order valence-corrected chi connectivity index (χ4v) is 3.99. The summed E-state index contributed by atoms with van der Waals surface area (Å²) < 4.78 is 27.3. The molecule has 0 aliphatic heterocycles. The van der Waals surface area contributed by atoms with Crippen molar-refractivity contribution >= 4 is 28.3 Å². The predicted molar refractivity (Wildman–Crippen MR) is 77.6 cm³/mol. The van der Waals surface area contributed by atoms with Crippen LogP contribution in [0.3, 0.4) is 0 Å². The summed E-state index contributed by atoms with van der Waals surface area (Å²) in [6.45, 7) is 7.28. The summed E-state index contributed by atoms with van der Waals surface area (Å²) in [6.07, 6.45) is 0.583. The summed E-state index contributed by atoms with van der Waals surface area (Å²) in [4.78, 5) is 0.816. The smallest absolute Gasteiger partial charge is 0.241 e. The van der Waals surface area contributed by atoms with Gasteiger partial charge in [-0.15, -0.1) is 12.6 Å². The van der Waals surface area contributed by atoms with E-state index in [-0.39, 0.29) is 4.90 Å². The first-order valence-electron chi connectivity index (χ1n) is 5.72. The van der Waals surface area contributed by atoms with E-state index < -0.39 is 15.6 Å². The Labute approximate surface area is 114 Å². The molecule has 0 bridgehead atoms. The third kappa shape index (κ3) is 3.63. The molecule has 0 saturated carbocycles. The van der Waals surface area contributed by atoms with E-state index >= 15 is 0 Å². The molecule has 4 nitrogen and oxygen atoms in total. The summed E-state index contributed by atoms with van der Waals surface area (Å²) in [7, 11) is -3.58. The third-order valence-corrected chi connectivity index (χ3v) is 4.51. The molecule has 0 atom stereocenters. The van der Waals surface area contributed by atoms with E-state index in [9.17, 15) is 8.42 Å². The lowest BCUT2D eigenvalue weighted by Crippen LogP contribution is -2.40. The average molecular weight is 288 g/mol. The zero-order valence-corrected chi connectivity index (χ0v) is 12.8. The molecular formula is C12H20N2O2S2. The van der Waals surface area contributed by atoms with Crippen molar-refractivity contribution in [2.24, 2.45) is 0 Å². The number of anilines is 1. The van der Waals surface area contributed by atoms with Crippen LogP contribution in [0.15, 0.2) is 21.9 Å². The van der Waals surface area contributed by atoms with Gasteiger partial charge in [0.05, 0.1) is 4.90 Å². The Morgan fingerprint density at radius 3 is 2.33 bits per heavy atom. The molecule has 18 heavy (non-hydrogen) atoms. The van der Waals surface area contributed by atoms with E-state index in [0.717, 1.165) is 0 Å². The predicted octanol–water partition coefficient (Wildman–Crippen LogP) is 2.20. The summed E-state index contributed by atoms with van der Waals surface area (Å²) in [6, 6.07) is 3.14.